The predicted molar refractivity (Wildman–Crippen MR) is 81.7 cm³/mol. The maximum atomic E-state index is 11.8. The largest absolute Gasteiger partial charge is 0.323 e. The van der Waals surface area contributed by atoms with E-state index in [1.807, 2.05) is 7.05 Å². The van der Waals surface area contributed by atoms with E-state index in [-0.39, 0.29) is 17.4 Å². The van der Waals surface area contributed by atoms with Gasteiger partial charge < -0.3 is 10.6 Å². The summed E-state index contributed by atoms with van der Waals surface area (Å²) in [6, 6.07) is 6.40. The molecule has 0 spiro atoms. The molecule has 0 bridgehead atoms. The molecule has 1 fully saturated rings. The van der Waals surface area contributed by atoms with Crippen molar-refractivity contribution in [2.24, 2.45) is 11.1 Å². The van der Waals surface area contributed by atoms with Gasteiger partial charge in [0.05, 0.1) is 6.42 Å². The Kier molecular flexibility index (Phi) is 3.33. The standard InChI is InChI=1S/C17H24N2O/c1-17(8-4-3-5-9-17)16(18)12-6-7-14-13(10-12)11-15(20)19(14)2/h6-7,10,16H,3-5,8-9,11,18H2,1-2H3. The Bertz CT molecular complexity index is 532. The summed E-state index contributed by atoms with van der Waals surface area (Å²) in [6.45, 7) is 2.32. The van der Waals surface area contributed by atoms with Crippen molar-refractivity contribution in [3.63, 3.8) is 0 Å². The third kappa shape index (κ3) is 2.14. The first-order valence-electron chi connectivity index (χ1n) is 7.66. The third-order valence-electron chi connectivity index (χ3n) is 5.29. The minimum atomic E-state index is 0.0779. The molecule has 3 rings (SSSR count). The van der Waals surface area contributed by atoms with Crippen LogP contribution < -0.4 is 10.6 Å². The Morgan fingerprint density at radius 1 is 1.25 bits per heavy atom. The zero-order valence-corrected chi connectivity index (χ0v) is 12.5. The number of fused-ring (bicyclic) bond motifs is 1. The molecule has 1 aromatic rings. The van der Waals surface area contributed by atoms with E-state index in [4.69, 9.17) is 5.73 Å². The van der Waals surface area contributed by atoms with Gasteiger partial charge in [0, 0.05) is 18.8 Å². The summed E-state index contributed by atoms with van der Waals surface area (Å²) in [5.74, 6) is 0.176. The molecule has 3 nitrogen and oxygen atoms in total. The second-order valence-corrected chi connectivity index (χ2v) is 6.71. The predicted octanol–water partition coefficient (Wildman–Crippen LogP) is 3.18. The first-order chi connectivity index (χ1) is 9.51. The van der Waals surface area contributed by atoms with Crippen LogP contribution in [0, 0.1) is 5.41 Å². The highest BCUT2D eigenvalue weighted by molar-refractivity contribution is 6.00. The Morgan fingerprint density at radius 2 is 1.95 bits per heavy atom. The van der Waals surface area contributed by atoms with Crippen molar-refractivity contribution < 1.29 is 4.79 Å². The van der Waals surface area contributed by atoms with Gasteiger partial charge in [0.2, 0.25) is 5.91 Å². The molecule has 1 aromatic carbocycles. The Morgan fingerprint density at radius 3 is 2.65 bits per heavy atom. The second kappa shape index (κ2) is 4.88. The molecule has 2 aliphatic rings. The van der Waals surface area contributed by atoms with E-state index in [1.54, 1.807) is 4.90 Å². The highest BCUT2D eigenvalue weighted by Gasteiger charge is 2.35. The van der Waals surface area contributed by atoms with Gasteiger partial charge in [-0.3, -0.25) is 4.79 Å². The number of hydrogen-bond donors (Lipinski definition) is 1. The Balaban J connectivity index is 1.88. The Labute approximate surface area is 121 Å². The Hall–Kier alpha value is -1.35. The quantitative estimate of drug-likeness (QED) is 0.898. The van der Waals surface area contributed by atoms with Crippen LogP contribution in [-0.4, -0.2) is 13.0 Å². The fraction of sp³-hybridized carbons (Fsp3) is 0.588. The molecule has 1 heterocycles. The molecule has 0 saturated heterocycles. The third-order valence-corrected chi connectivity index (χ3v) is 5.29. The molecule has 108 valence electrons. The number of anilines is 1. The maximum absolute atomic E-state index is 11.8. The van der Waals surface area contributed by atoms with E-state index >= 15 is 0 Å². The summed E-state index contributed by atoms with van der Waals surface area (Å²) < 4.78 is 0. The summed E-state index contributed by atoms with van der Waals surface area (Å²) >= 11 is 0. The van der Waals surface area contributed by atoms with Crippen molar-refractivity contribution >= 4 is 11.6 Å². The van der Waals surface area contributed by atoms with Crippen molar-refractivity contribution in [2.45, 2.75) is 51.5 Å². The zero-order chi connectivity index (χ0) is 14.3. The average Bonchev–Trinajstić information content (AvgIpc) is 2.73. The molecule has 1 saturated carbocycles. The molecule has 1 aliphatic carbocycles. The van der Waals surface area contributed by atoms with Gasteiger partial charge in [0.15, 0.2) is 0 Å². The topological polar surface area (TPSA) is 46.3 Å². The molecule has 0 radical (unpaired) electrons. The molecular formula is C17H24N2O. The van der Waals surface area contributed by atoms with Gasteiger partial charge in [0.25, 0.3) is 0 Å². The lowest BCUT2D eigenvalue weighted by Gasteiger charge is -2.39. The summed E-state index contributed by atoms with van der Waals surface area (Å²) in [7, 11) is 1.84. The number of amides is 1. The fourth-order valence-corrected chi connectivity index (χ4v) is 3.76. The lowest BCUT2D eigenvalue weighted by atomic mass is 9.69. The van der Waals surface area contributed by atoms with Crippen molar-refractivity contribution in [1.29, 1.82) is 0 Å². The molecular weight excluding hydrogens is 248 g/mol. The van der Waals surface area contributed by atoms with E-state index in [2.05, 4.69) is 25.1 Å². The number of likely N-dealkylation sites (N-methyl/N-ethyl adjacent to an activating group) is 1. The fourth-order valence-electron chi connectivity index (χ4n) is 3.76. The molecule has 3 heteroatoms. The van der Waals surface area contributed by atoms with E-state index in [9.17, 15) is 4.79 Å². The SMILES string of the molecule is CN1C(=O)Cc2cc(C(N)C3(C)CCCCC3)ccc21. The van der Waals surface area contributed by atoms with Crippen molar-refractivity contribution in [3.05, 3.63) is 29.3 Å². The lowest BCUT2D eigenvalue weighted by molar-refractivity contribution is -0.117. The number of rotatable bonds is 2. The van der Waals surface area contributed by atoms with Gasteiger partial charge >= 0.3 is 0 Å². The minimum Gasteiger partial charge on any atom is -0.323 e. The van der Waals surface area contributed by atoms with Gasteiger partial charge in [-0.1, -0.05) is 38.3 Å². The van der Waals surface area contributed by atoms with Crippen LogP contribution in [-0.2, 0) is 11.2 Å². The van der Waals surface area contributed by atoms with Gasteiger partial charge in [-0.05, 0) is 35.4 Å². The summed E-state index contributed by atoms with van der Waals surface area (Å²) in [6.07, 6.45) is 6.86. The van der Waals surface area contributed by atoms with Crippen LogP contribution in [0.3, 0.4) is 0 Å². The first kappa shape index (κ1) is 13.6. The van der Waals surface area contributed by atoms with E-state index in [1.165, 1.54) is 37.7 Å². The lowest BCUT2D eigenvalue weighted by Crippen LogP contribution is -2.33. The van der Waals surface area contributed by atoms with Crippen molar-refractivity contribution in [1.82, 2.24) is 0 Å². The molecule has 2 N–H and O–H groups in total. The zero-order valence-electron chi connectivity index (χ0n) is 12.5. The van der Waals surface area contributed by atoms with Crippen LogP contribution in [0.1, 0.15) is 56.2 Å². The molecule has 20 heavy (non-hydrogen) atoms. The van der Waals surface area contributed by atoms with Gasteiger partial charge in [-0.25, -0.2) is 0 Å². The maximum Gasteiger partial charge on any atom is 0.231 e. The monoisotopic (exact) mass is 272 g/mol. The van der Waals surface area contributed by atoms with Crippen molar-refractivity contribution in [3.8, 4) is 0 Å². The number of carbonyl (C=O) groups excluding carboxylic acids is 1. The number of nitrogens with zero attached hydrogens (tertiary/aromatic N) is 1. The molecule has 1 aliphatic heterocycles. The highest BCUT2D eigenvalue weighted by Crippen LogP contribution is 2.45. The van der Waals surface area contributed by atoms with Gasteiger partial charge in [0.1, 0.15) is 0 Å². The van der Waals surface area contributed by atoms with Crippen LogP contribution in [0.15, 0.2) is 18.2 Å². The molecule has 1 amide bonds. The van der Waals surface area contributed by atoms with Gasteiger partial charge in [-0.2, -0.15) is 0 Å². The van der Waals surface area contributed by atoms with E-state index in [0.717, 1.165) is 11.3 Å². The van der Waals surface area contributed by atoms with Crippen LogP contribution >= 0.6 is 0 Å². The molecule has 0 aromatic heterocycles. The van der Waals surface area contributed by atoms with E-state index in [0.29, 0.717) is 6.42 Å². The van der Waals surface area contributed by atoms with Crippen molar-refractivity contribution in [2.75, 3.05) is 11.9 Å². The second-order valence-electron chi connectivity index (χ2n) is 6.71. The highest BCUT2D eigenvalue weighted by atomic mass is 16.2. The van der Waals surface area contributed by atoms with Gasteiger partial charge in [-0.15, -0.1) is 0 Å². The number of hydrogen-bond acceptors (Lipinski definition) is 2. The minimum absolute atomic E-state index is 0.0779. The summed E-state index contributed by atoms with van der Waals surface area (Å²) in [5, 5.41) is 0. The summed E-state index contributed by atoms with van der Waals surface area (Å²) in [5.41, 5.74) is 10.1. The van der Waals surface area contributed by atoms with Crippen LogP contribution in [0.2, 0.25) is 0 Å². The summed E-state index contributed by atoms with van der Waals surface area (Å²) in [4.78, 5) is 13.5. The normalized spacial score (nSPS) is 22.8. The number of benzene rings is 1. The first-order valence-corrected chi connectivity index (χ1v) is 7.66. The molecule has 1 atom stereocenters. The number of nitrogens with two attached hydrogens (primary N) is 1. The smallest absolute Gasteiger partial charge is 0.231 e. The van der Waals surface area contributed by atoms with Crippen LogP contribution in [0.4, 0.5) is 5.69 Å². The van der Waals surface area contributed by atoms with E-state index < -0.39 is 0 Å². The van der Waals surface area contributed by atoms with Crippen LogP contribution in [0.25, 0.3) is 0 Å². The number of carbonyl (C=O) groups is 1. The molecule has 1 unspecified atom stereocenters. The average molecular weight is 272 g/mol. The van der Waals surface area contributed by atoms with Crippen LogP contribution in [0.5, 0.6) is 0 Å².